The number of hydrogen-bond acceptors (Lipinski definition) is 6. The van der Waals surface area contributed by atoms with E-state index in [9.17, 15) is 22.8 Å². The fourth-order valence-corrected chi connectivity index (χ4v) is 6.04. The van der Waals surface area contributed by atoms with Gasteiger partial charge in [0.15, 0.2) is 9.84 Å². The Morgan fingerprint density at radius 2 is 2.14 bits per heavy atom. The van der Waals surface area contributed by atoms with E-state index in [2.05, 4.69) is 0 Å². The summed E-state index contributed by atoms with van der Waals surface area (Å²) in [4.78, 5) is 40.1. The Morgan fingerprint density at radius 3 is 2.75 bits per heavy atom. The van der Waals surface area contributed by atoms with Gasteiger partial charge in [-0.05, 0) is 48.9 Å². The van der Waals surface area contributed by atoms with E-state index in [1.54, 1.807) is 37.3 Å². The van der Waals surface area contributed by atoms with Gasteiger partial charge in [0.25, 0.3) is 11.1 Å². The van der Waals surface area contributed by atoms with Crippen molar-refractivity contribution in [3.63, 3.8) is 0 Å². The Hall–Kier alpha value is -1.84. The van der Waals surface area contributed by atoms with Crippen molar-refractivity contribution in [3.8, 4) is 0 Å². The Morgan fingerprint density at radius 1 is 1.39 bits per heavy atom. The van der Waals surface area contributed by atoms with Crippen LogP contribution in [0, 0.1) is 0 Å². The van der Waals surface area contributed by atoms with Gasteiger partial charge in [-0.2, -0.15) is 0 Å². The van der Waals surface area contributed by atoms with Crippen LogP contribution in [0.2, 0.25) is 5.02 Å². The van der Waals surface area contributed by atoms with Gasteiger partial charge >= 0.3 is 0 Å². The van der Waals surface area contributed by atoms with E-state index in [1.165, 1.54) is 4.90 Å². The predicted octanol–water partition coefficient (Wildman–Crippen LogP) is 2.41. The van der Waals surface area contributed by atoms with Crippen molar-refractivity contribution >= 4 is 56.3 Å². The SMILES string of the molecule is CCN(C(=O)CN1C(=O)S/C(=C\c2cccc(Cl)c2)C1=O)[C@H]1CCS(=O)(=O)C1. The molecule has 0 aliphatic carbocycles. The van der Waals surface area contributed by atoms with Crippen molar-refractivity contribution in [2.75, 3.05) is 24.6 Å². The molecule has 10 heteroatoms. The van der Waals surface area contributed by atoms with Crippen LogP contribution in [-0.4, -0.2) is 65.9 Å². The average Bonchev–Trinajstić information content (AvgIpc) is 3.10. The lowest BCUT2D eigenvalue weighted by Gasteiger charge is -2.28. The molecule has 2 aliphatic heterocycles. The summed E-state index contributed by atoms with van der Waals surface area (Å²) >= 11 is 6.70. The van der Waals surface area contributed by atoms with E-state index in [4.69, 9.17) is 11.6 Å². The van der Waals surface area contributed by atoms with Crippen LogP contribution < -0.4 is 0 Å². The largest absolute Gasteiger partial charge is 0.337 e. The summed E-state index contributed by atoms with van der Waals surface area (Å²) < 4.78 is 23.4. The van der Waals surface area contributed by atoms with Crippen LogP contribution in [0.5, 0.6) is 0 Å². The average molecular weight is 443 g/mol. The number of nitrogens with zero attached hydrogens (tertiary/aromatic N) is 2. The van der Waals surface area contributed by atoms with E-state index in [0.717, 1.165) is 16.7 Å². The molecule has 3 rings (SSSR count). The zero-order chi connectivity index (χ0) is 20.5. The van der Waals surface area contributed by atoms with Crippen LogP contribution in [0.3, 0.4) is 0 Å². The first-order valence-electron chi connectivity index (χ1n) is 8.71. The fraction of sp³-hybridized carbons (Fsp3) is 0.389. The zero-order valence-electron chi connectivity index (χ0n) is 15.1. The summed E-state index contributed by atoms with van der Waals surface area (Å²) in [6, 6.07) is 6.44. The molecule has 0 unspecified atom stereocenters. The van der Waals surface area contributed by atoms with Gasteiger partial charge in [-0.3, -0.25) is 19.3 Å². The number of carbonyl (C=O) groups is 3. The van der Waals surface area contributed by atoms with Crippen LogP contribution in [-0.2, 0) is 19.4 Å². The second-order valence-corrected chi connectivity index (χ2v) is 10.2. The van der Waals surface area contributed by atoms with Crippen molar-refractivity contribution in [3.05, 3.63) is 39.8 Å². The molecule has 0 N–H and O–H groups in total. The Labute approximate surface area is 172 Å². The summed E-state index contributed by atoms with van der Waals surface area (Å²) in [6.45, 7) is 1.66. The maximum atomic E-state index is 12.7. The van der Waals surface area contributed by atoms with E-state index in [1.807, 2.05) is 0 Å². The number of imide groups is 1. The highest BCUT2D eigenvalue weighted by atomic mass is 35.5. The van der Waals surface area contributed by atoms with Crippen LogP contribution in [0.25, 0.3) is 6.08 Å². The number of thioether (sulfide) groups is 1. The highest BCUT2D eigenvalue weighted by Crippen LogP contribution is 2.32. The minimum Gasteiger partial charge on any atom is -0.337 e. The molecule has 150 valence electrons. The van der Waals surface area contributed by atoms with Gasteiger partial charge < -0.3 is 4.90 Å². The minimum atomic E-state index is -3.15. The number of likely N-dealkylation sites (N-methyl/N-ethyl adjacent to an activating group) is 1. The van der Waals surface area contributed by atoms with Crippen LogP contribution in [0.1, 0.15) is 18.9 Å². The number of amides is 3. The normalized spacial score (nSPS) is 22.9. The molecule has 0 bridgehead atoms. The third kappa shape index (κ3) is 4.59. The summed E-state index contributed by atoms with van der Waals surface area (Å²) in [6.07, 6.45) is 1.93. The molecule has 0 aromatic heterocycles. The first-order chi connectivity index (χ1) is 13.2. The van der Waals surface area contributed by atoms with Gasteiger partial charge in [0.2, 0.25) is 5.91 Å². The zero-order valence-corrected chi connectivity index (χ0v) is 17.5. The summed E-state index contributed by atoms with van der Waals surface area (Å²) in [7, 11) is -3.15. The minimum absolute atomic E-state index is 0.0470. The highest BCUT2D eigenvalue weighted by Gasteiger charge is 2.39. The van der Waals surface area contributed by atoms with Gasteiger partial charge in [0, 0.05) is 17.6 Å². The number of sulfone groups is 1. The third-order valence-corrected chi connectivity index (χ3v) is 7.52. The van der Waals surface area contributed by atoms with Gasteiger partial charge in [-0.15, -0.1) is 0 Å². The predicted molar refractivity (Wildman–Crippen MR) is 109 cm³/mol. The van der Waals surface area contributed by atoms with E-state index in [0.29, 0.717) is 23.6 Å². The fourth-order valence-electron chi connectivity index (χ4n) is 3.27. The molecule has 1 atom stereocenters. The third-order valence-electron chi connectivity index (χ3n) is 4.62. The van der Waals surface area contributed by atoms with Crippen molar-refractivity contribution < 1.29 is 22.8 Å². The van der Waals surface area contributed by atoms with Crippen molar-refractivity contribution in [2.45, 2.75) is 19.4 Å². The van der Waals surface area contributed by atoms with Gasteiger partial charge in [0.1, 0.15) is 6.54 Å². The van der Waals surface area contributed by atoms with E-state index in [-0.39, 0.29) is 16.4 Å². The number of rotatable bonds is 5. The monoisotopic (exact) mass is 442 g/mol. The molecule has 2 fully saturated rings. The maximum Gasteiger partial charge on any atom is 0.294 e. The molecule has 2 saturated heterocycles. The Balaban J connectivity index is 1.72. The first kappa shape index (κ1) is 20.9. The van der Waals surface area contributed by atoms with E-state index < -0.39 is 39.5 Å². The first-order valence-corrected chi connectivity index (χ1v) is 11.7. The van der Waals surface area contributed by atoms with Gasteiger partial charge in [0.05, 0.1) is 16.4 Å². The molecule has 2 aliphatic rings. The highest BCUT2D eigenvalue weighted by molar-refractivity contribution is 8.18. The number of benzene rings is 1. The molecule has 1 aromatic carbocycles. The molecular formula is C18H19ClN2O5S2. The number of hydrogen-bond donors (Lipinski definition) is 0. The molecule has 2 heterocycles. The standard InChI is InChI=1S/C18H19ClN2O5S2/c1-2-20(14-6-7-28(25,26)11-14)16(22)10-21-17(23)15(27-18(21)24)9-12-4-3-5-13(19)8-12/h3-5,8-9,14H,2,6-7,10-11H2,1H3/b15-9-/t14-/m0/s1. The van der Waals surface area contributed by atoms with Crippen molar-refractivity contribution in [1.29, 1.82) is 0 Å². The number of halogens is 1. The lowest BCUT2D eigenvalue weighted by Crippen LogP contribution is -2.47. The van der Waals surface area contributed by atoms with Crippen LogP contribution in [0.4, 0.5) is 4.79 Å². The van der Waals surface area contributed by atoms with Crippen LogP contribution >= 0.6 is 23.4 Å². The summed E-state index contributed by atoms with van der Waals surface area (Å²) in [5.41, 5.74) is 0.677. The van der Waals surface area contributed by atoms with Crippen molar-refractivity contribution in [1.82, 2.24) is 9.80 Å². The van der Waals surface area contributed by atoms with Crippen LogP contribution in [0.15, 0.2) is 29.2 Å². The molecule has 0 saturated carbocycles. The second kappa shape index (κ2) is 8.26. The number of carbonyl (C=O) groups excluding carboxylic acids is 3. The summed E-state index contributed by atoms with van der Waals surface area (Å²) in [5, 5.41) is -0.0185. The lowest BCUT2D eigenvalue weighted by molar-refractivity contribution is -0.137. The maximum absolute atomic E-state index is 12.7. The summed E-state index contributed by atoms with van der Waals surface area (Å²) in [5.74, 6) is -1.01. The smallest absolute Gasteiger partial charge is 0.294 e. The second-order valence-electron chi connectivity index (χ2n) is 6.56. The molecular weight excluding hydrogens is 424 g/mol. The molecule has 0 spiro atoms. The molecule has 0 radical (unpaired) electrons. The van der Waals surface area contributed by atoms with Gasteiger partial charge in [-0.25, -0.2) is 8.42 Å². The van der Waals surface area contributed by atoms with E-state index >= 15 is 0 Å². The molecule has 1 aromatic rings. The Bertz CT molecular complexity index is 960. The lowest BCUT2D eigenvalue weighted by atomic mass is 10.2. The molecule has 28 heavy (non-hydrogen) atoms. The Kier molecular flexibility index (Phi) is 6.16. The molecule has 3 amide bonds. The quantitative estimate of drug-likeness (QED) is 0.650. The van der Waals surface area contributed by atoms with Crippen molar-refractivity contribution in [2.24, 2.45) is 0 Å². The molecule has 7 nitrogen and oxygen atoms in total. The van der Waals surface area contributed by atoms with Gasteiger partial charge in [-0.1, -0.05) is 23.7 Å². The topological polar surface area (TPSA) is 91.8 Å².